The lowest BCUT2D eigenvalue weighted by Crippen LogP contribution is -2.17. The van der Waals surface area contributed by atoms with Gasteiger partial charge in [-0.25, -0.2) is 9.59 Å². The molecule has 114 valence electrons. The third-order valence-corrected chi connectivity index (χ3v) is 3.04. The largest absolute Gasteiger partial charge is 0.478 e. The zero-order valence-corrected chi connectivity index (χ0v) is 12.0. The molecule has 0 aliphatic carbocycles. The average molecular weight is 296 g/mol. The molecule has 0 aliphatic rings. The minimum atomic E-state index is -1.64. The number of benzene rings is 1. The molecule has 0 saturated heterocycles. The van der Waals surface area contributed by atoms with Crippen LogP contribution < -0.4 is 0 Å². The fourth-order valence-corrected chi connectivity index (χ4v) is 1.70. The lowest BCUT2D eigenvalue weighted by atomic mass is 10.00. The summed E-state index contributed by atoms with van der Waals surface area (Å²) < 4.78 is 35.6. The highest BCUT2D eigenvalue weighted by atomic mass is 16.5. The molecule has 21 heavy (non-hydrogen) atoms. The normalized spacial score (nSPS) is 14.4. The fraction of sp³-hybridized carbons (Fsp3) is 0.438. The number of hydrogen-bond donors (Lipinski definition) is 1. The van der Waals surface area contributed by atoms with Gasteiger partial charge in [0.2, 0.25) is 0 Å². The second kappa shape index (κ2) is 8.19. The van der Waals surface area contributed by atoms with Crippen LogP contribution >= 0.6 is 0 Å². The summed E-state index contributed by atoms with van der Waals surface area (Å²) in [5.41, 5.74) is -1.51. The molecule has 0 spiro atoms. The van der Waals surface area contributed by atoms with Crippen LogP contribution in [0.5, 0.6) is 0 Å². The van der Waals surface area contributed by atoms with Crippen molar-refractivity contribution in [1.29, 1.82) is 0 Å². The number of carbonyl (C=O) groups is 3. The highest BCUT2D eigenvalue weighted by Crippen LogP contribution is 2.15. The minimum Gasteiger partial charge on any atom is -0.478 e. The van der Waals surface area contributed by atoms with E-state index >= 15 is 0 Å². The number of carboxylic acids is 1. The molecule has 0 amide bonds. The van der Waals surface area contributed by atoms with Crippen molar-refractivity contribution in [1.82, 2.24) is 0 Å². The lowest BCUT2D eigenvalue weighted by Gasteiger charge is -2.14. The Morgan fingerprint density at radius 2 is 1.90 bits per heavy atom. The first-order chi connectivity index (χ1) is 11.6. The molecule has 0 fully saturated rings. The maximum Gasteiger partial charge on any atom is 0.339 e. The van der Waals surface area contributed by atoms with Crippen LogP contribution in [0.2, 0.25) is 0 Å². The zero-order valence-electron chi connectivity index (χ0n) is 16.0. The van der Waals surface area contributed by atoms with Crippen molar-refractivity contribution < 1.29 is 29.7 Å². The quantitative estimate of drug-likeness (QED) is 0.746. The number of hydrogen-bond acceptors (Lipinski definition) is 4. The molecule has 1 aromatic rings. The predicted octanol–water partition coefficient (Wildman–Crippen LogP) is 2.94. The average Bonchev–Trinajstić information content (AvgIpc) is 2.55. The Labute approximate surface area is 129 Å². The molecule has 5 nitrogen and oxygen atoms in total. The highest BCUT2D eigenvalue weighted by molar-refractivity contribution is 6.02. The van der Waals surface area contributed by atoms with E-state index < -0.39 is 47.2 Å². The Kier molecular flexibility index (Phi) is 4.48. The molecule has 0 saturated carbocycles. The van der Waals surface area contributed by atoms with Gasteiger partial charge in [0.15, 0.2) is 0 Å². The Bertz CT molecular complexity index is 703. The lowest BCUT2D eigenvalue weighted by molar-refractivity contribution is -0.117. The molecule has 0 bridgehead atoms. The summed E-state index contributed by atoms with van der Waals surface area (Å²) in [6.07, 6.45) is 1.48. The Balaban J connectivity index is 3.09. The number of aromatic carboxylic acids is 1. The Morgan fingerprint density at radius 3 is 2.43 bits per heavy atom. The van der Waals surface area contributed by atoms with Crippen LogP contribution in [0.15, 0.2) is 24.2 Å². The summed E-state index contributed by atoms with van der Waals surface area (Å²) in [4.78, 5) is 34.6. The monoisotopic (exact) mass is 296 g/mol. The highest BCUT2D eigenvalue weighted by Gasteiger charge is 2.18. The zero-order chi connectivity index (χ0) is 19.3. The summed E-state index contributed by atoms with van der Waals surface area (Å²) in [6, 6.07) is -2.98. The van der Waals surface area contributed by atoms with Crippen molar-refractivity contribution in [3.05, 3.63) is 35.3 Å². The van der Waals surface area contributed by atoms with Gasteiger partial charge in [0.1, 0.15) is 5.78 Å². The molecule has 1 N–H and O–H groups in total. The van der Waals surface area contributed by atoms with Crippen molar-refractivity contribution in [2.45, 2.75) is 33.1 Å². The number of ketones is 1. The number of ether oxygens (including phenoxy) is 1. The first-order valence-corrected chi connectivity index (χ1v) is 6.61. The van der Waals surface area contributed by atoms with E-state index in [0.717, 1.165) is 0 Å². The van der Waals surface area contributed by atoms with Gasteiger partial charge in [-0.05, 0) is 31.3 Å². The maximum atomic E-state index is 12.3. The van der Waals surface area contributed by atoms with Gasteiger partial charge in [0.25, 0.3) is 0 Å². The molecular formula is C16H20O5. The molecule has 0 aliphatic heterocycles. The fourth-order valence-electron chi connectivity index (χ4n) is 1.70. The van der Waals surface area contributed by atoms with Crippen molar-refractivity contribution in [3.63, 3.8) is 0 Å². The van der Waals surface area contributed by atoms with E-state index in [1.54, 1.807) is 0 Å². The molecular weight excluding hydrogens is 272 g/mol. The number of Topliss-reactive ketones (excluding diaryl/α,β-unsaturated/α-hetero) is 1. The topological polar surface area (TPSA) is 80.7 Å². The minimum absolute atomic E-state index is 0.00937. The first-order valence-electron chi connectivity index (χ1n) is 8.61. The van der Waals surface area contributed by atoms with Crippen LogP contribution in [0.4, 0.5) is 0 Å². The molecule has 5 heteroatoms. The Hall–Kier alpha value is -2.17. The van der Waals surface area contributed by atoms with Crippen molar-refractivity contribution in [3.8, 4) is 0 Å². The molecule has 1 aromatic carbocycles. The second-order valence-corrected chi connectivity index (χ2v) is 4.67. The van der Waals surface area contributed by atoms with Crippen LogP contribution in [0.3, 0.4) is 0 Å². The number of carbonyl (C=O) groups excluding carboxylic acids is 2. The molecule has 0 radical (unpaired) electrons. The van der Waals surface area contributed by atoms with Gasteiger partial charge >= 0.3 is 11.9 Å². The van der Waals surface area contributed by atoms with Gasteiger partial charge in [-0.1, -0.05) is 25.4 Å². The summed E-state index contributed by atoms with van der Waals surface area (Å²) >= 11 is 0. The van der Waals surface area contributed by atoms with Crippen molar-refractivity contribution in [2.24, 2.45) is 5.92 Å². The van der Waals surface area contributed by atoms with E-state index in [-0.39, 0.29) is 18.3 Å². The third-order valence-electron chi connectivity index (χ3n) is 3.04. The molecule has 1 atom stereocenters. The molecule has 0 heterocycles. The van der Waals surface area contributed by atoms with E-state index in [2.05, 4.69) is 0 Å². The standard InChI is InChI=1S/C16H20O5/c1-3-12(9-8-11(2)17)10-21-16(20)14-7-5-4-6-13(14)15(18)19/h4-7,12H,3,8-10H2,1-2H3,(H,18,19)/i4D,5D,6D,7D. The van der Waals surface area contributed by atoms with Crippen LogP contribution in [-0.2, 0) is 9.53 Å². The summed E-state index contributed by atoms with van der Waals surface area (Å²) in [5, 5.41) is 9.21. The van der Waals surface area contributed by atoms with E-state index in [1.807, 2.05) is 6.92 Å². The third kappa shape index (κ3) is 5.38. The predicted molar refractivity (Wildman–Crippen MR) is 77.4 cm³/mol. The van der Waals surface area contributed by atoms with E-state index in [0.29, 0.717) is 19.3 Å². The van der Waals surface area contributed by atoms with Gasteiger partial charge in [0, 0.05) is 6.42 Å². The van der Waals surface area contributed by atoms with Gasteiger partial charge in [-0.3, -0.25) is 0 Å². The second-order valence-electron chi connectivity index (χ2n) is 4.67. The number of carboxylic acid groups (broad SMARTS) is 1. The van der Waals surface area contributed by atoms with Gasteiger partial charge in [-0.15, -0.1) is 0 Å². The Morgan fingerprint density at radius 1 is 1.29 bits per heavy atom. The van der Waals surface area contributed by atoms with Crippen LogP contribution in [0, 0.1) is 5.92 Å². The van der Waals surface area contributed by atoms with E-state index in [4.69, 9.17) is 10.2 Å². The molecule has 1 unspecified atom stereocenters. The number of esters is 1. The summed E-state index contributed by atoms with van der Waals surface area (Å²) in [5.74, 6) is -2.85. The number of rotatable bonds is 8. The van der Waals surface area contributed by atoms with Crippen LogP contribution in [0.1, 0.15) is 59.3 Å². The maximum absolute atomic E-state index is 12.3. The first kappa shape index (κ1) is 11.5. The summed E-state index contributed by atoms with van der Waals surface area (Å²) in [6.45, 7) is 3.25. The van der Waals surface area contributed by atoms with Crippen molar-refractivity contribution in [2.75, 3.05) is 6.61 Å². The van der Waals surface area contributed by atoms with Crippen LogP contribution in [0.25, 0.3) is 0 Å². The molecule has 1 rings (SSSR count). The smallest absolute Gasteiger partial charge is 0.339 e. The van der Waals surface area contributed by atoms with Gasteiger partial charge in [0.05, 0.1) is 23.2 Å². The molecule has 0 aromatic heterocycles. The van der Waals surface area contributed by atoms with Crippen molar-refractivity contribution >= 4 is 17.7 Å². The van der Waals surface area contributed by atoms with E-state index in [9.17, 15) is 19.5 Å². The van der Waals surface area contributed by atoms with Crippen LogP contribution in [-0.4, -0.2) is 29.4 Å². The van der Waals surface area contributed by atoms with Gasteiger partial charge < -0.3 is 14.6 Å². The summed E-state index contributed by atoms with van der Waals surface area (Å²) in [7, 11) is 0. The van der Waals surface area contributed by atoms with Gasteiger partial charge in [-0.2, -0.15) is 0 Å². The SMILES string of the molecule is [2H]c1c([2H])c([2H])c(C(=O)OCC(CC)CCC(C)=O)c(C(=O)O)c1[2H]. The van der Waals surface area contributed by atoms with E-state index in [1.165, 1.54) is 6.92 Å².